The number of nitrogens with zero attached hydrogens (tertiary/aromatic N) is 1. The molecule has 0 aromatic rings. The van der Waals surface area contributed by atoms with Crippen molar-refractivity contribution in [2.45, 2.75) is 25.6 Å². The second-order valence-electron chi connectivity index (χ2n) is 5.25. The number of ether oxygens (including phenoxy) is 2. The quantitative estimate of drug-likeness (QED) is 0.775. The first-order chi connectivity index (χ1) is 8.25. The van der Waals surface area contributed by atoms with Crippen LogP contribution in [-0.2, 0) is 14.3 Å². The monoisotopic (exact) mass is 240 g/mol. The van der Waals surface area contributed by atoms with Crippen LogP contribution in [0.5, 0.6) is 0 Å². The van der Waals surface area contributed by atoms with Gasteiger partial charge in [0, 0.05) is 25.6 Å². The third kappa shape index (κ3) is 1.77. The third-order valence-electron chi connectivity index (χ3n) is 4.40. The molecule has 4 unspecified atom stereocenters. The fourth-order valence-electron chi connectivity index (χ4n) is 3.22. The minimum absolute atomic E-state index is 0.118. The number of carboxylic acid groups (broad SMARTS) is 1. The summed E-state index contributed by atoms with van der Waals surface area (Å²) in [6.45, 7) is 2.42. The van der Waals surface area contributed by atoms with Gasteiger partial charge in [0.2, 0.25) is 0 Å². The van der Waals surface area contributed by atoms with Gasteiger partial charge in [0.1, 0.15) is 0 Å². The fraction of sp³-hybridized carbons (Fsp3) is 0.917. The minimum atomic E-state index is -0.707. The molecule has 2 saturated heterocycles. The molecular weight excluding hydrogens is 222 g/mol. The number of rotatable bonds is 4. The average molecular weight is 240 g/mol. The second kappa shape index (κ2) is 4.23. The SMILES string of the molecule is O=C(O)C12C[N]CC1C2COC1CCCCO1. The van der Waals surface area contributed by atoms with Gasteiger partial charge in [0.25, 0.3) is 0 Å². The molecule has 4 atom stereocenters. The summed E-state index contributed by atoms with van der Waals surface area (Å²) in [5.74, 6) is -0.367. The third-order valence-corrected chi connectivity index (χ3v) is 4.40. The minimum Gasteiger partial charge on any atom is -0.481 e. The van der Waals surface area contributed by atoms with Crippen LogP contribution >= 0.6 is 0 Å². The van der Waals surface area contributed by atoms with Crippen molar-refractivity contribution in [1.29, 1.82) is 0 Å². The van der Waals surface area contributed by atoms with Crippen LogP contribution in [0.15, 0.2) is 0 Å². The van der Waals surface area contributed by atoms with Gasteiger partial charge in [-0.1, -0.05) is 0 Å². The van der Waals surface area contributed by atoms with E-state index in [0.717, 1.165) is 25.9 Å². The number of carbonyl (C=O) groups is 1. The number of hydrogen-bond donors (Lipinski definition) is 1. The maximum absolute atomic E-state index is 11.3. The Labute approximate surface area is 100 Å². The maximum atomic E-state index is 11.3. The van der Waals surface area contributed by atoms with Gasteiger partial charge in [-0.15, -0.1) is 0 Å². The van der Waals surface area contributed by atoms with E-state index in [-0.39, 0.29) is 18.1 Å². The van der Waals surface area contributed by atoms with E-state index >= 15 is 0 Å². The van der Waals surface area contributed by atoms with Gasteiger partial charge in [-0.25, -0.2) is 5.32 Å². The second-order valence-corrected chi connectivity index (χ2v) is 5.25. The Kier molecular flexibility index (Phi) is 2.84. The predicted molar refractivity (Wildman–Crippen MR) is 58.5 cm³/mol. The van der Waals surface area contributed by atoms with Gasteiger partial charge in [0.15, 0.2) is 6.29 Å². The van der Waals surface area contributed by atoms with Crippen LogP contribution < -0.4 is 5.32 Å². The van der Waals surface area contributed by atoms with Crippen molar-refractivity contribution in [3.8, 4) is 0 Å². The standard InChI is InChI=1S/C12H18NO4/c14-11(15)12-7-13-5-8(12)9(12)6-17-10-3-1-2-4-16-10/h8-10H,1-7H2,(H,14,15). The molecule has 1 saturated carbocycles. The van der Waals surface area contributed by atoms with Crippen molar-refractivity contribution in [1.82, 2.24) is 5.32 Å². The van der Waals surface area contributed by atoms with Crippen molar-refractivity contribution >= 4 is 5.97 Å². The first-order valence-electron chi connectivity index (χ1n) is 6.35. The summed E-state index contributed by atoms with van der Waals surface area (Å²) in [6.07, 6.45) is 3.05. The van der Waals surface area contributed by atoms with Crippen LogP contribution in [0.4, 0.5) is 0 Å². The van der Waals surface area contributed by atoms with E-state index in [9.17, 15) is 9.90 Å². The molecule has 0 aromatic heterocycles. The highest BCUT2D eigenvalue weighted by Crippen LogP contribution is 2.61. The smallest absolute Gasteiger partial charge is 0.311 e. The lowest BCUT2D eigenvalue weighted by Crippen LogP contribution is -2.28. The molecule has 2 heterocycles. The van der Waals surface area contributed by atoms with Crippen molar-refractivity contribution in [2.75, 3.05) is 26.3 Å². The number of hydrogen-bond acceptors (Lipinski definition) is 3. The van der Waals surface area contributed by atoms with Crippen LogP contribution in [-0.4, -0.2) is 43.7 Å². The van der Waals surface area contributed by atoms with Crippen LogP contribution in [0, 0.1) is 17.3 Å². The van der Waals surface area contributed by atoms with Crippen molar-refractivity contribution in [2.24, 2.45) is 17.3 Å². The fourth-order valence-corrected chi connectivity index (χ4v) is 3.22. The lowest BCUT2D eigenvalue weighted by Gasteiger charge is -2.23. The van der Waals surface area contributed by atoms with Gasteiger partial charge in [-0.05, 0) is 25.2 Å². The molecule has 5 heteroatoms. The summed E-state index contributed by atoms with van der Waals surface area (Å²) in [7, 11) is 0. The Morgan fingerprint density at radius 1 is 1.53 bits per heavy atom. The van der Waals surface area contributed by atoms with Crippen LogP contribution in [0.3, 0.4) is 0 Å². The van der Waals surface area contributed by atoms with Gasteiger partial charge in [0.05, 0.1) is 12.0 Å². The molecule has 1 aliphatic carbocycles. The van der Waals surface area contributed by atoms with Gasteiger partial charge in [-0.2, -0.15) is 0 Å². The molecular formula is C12H18NO4. The van der Waals surface area contributed by atoms with Gasteiger partial charge < -0.3 is 14.6 Å². The molecule has 17 heavy (non-hydrogen) atoms. The summed E-state index contributed by atoms with van der Waals surface area (Å²) in [4.78, 5) is 11.3. The van der Waals surface area contributed by atoms with E-state index in [4.69, 9.17) is 9.47 Å². The highest BCUT2D eigenvalue weighted by molar-refractivity contribution is 5.80. The number of aliphatic carboxylic acids is 1. The lowest BCUT2D eigenvalue weighted by atomic mass is 10.1. The van der Waals surface area contributed by atoms with Gasteiger partial charge >= 0.3 is 5.97 Å². The summed E-state index contributed by atoms with van der Waals surface area (Å²) in [5.41, 5.74) is -0.603. The molecule has 1 N–H and O–H groups in total. The Balaban J connectivity index is 1.52. The molecule has 0 bridgehead atoms. The Bertz CT molecular complexity index is 316. The zero-order chi connectivity index (χ0) is 11.9. The molecule has 3 fully saturated rings. The van der Waals surface area contributed by atoms with Crippen LogP contribution in [0.1, 0.15) is 19.3 Å². The van der Waals surface area contributed by atoms with Crippen LogP contribution in [0.25, 0.3) is 0 Å². The topological polar surface area (TPSA) is 69.9 Å². The van der Waals surface area contributed by atoms with E-state index in [1.165, 1.54) is 0 Å². The van der Waals surface area contributed by atoms with Crippen molar-refractivity contribution in [3.63, 3.8) is 0 Å². The normalized spacial score (nSPS) is 44.4. The van der Waals surface area contributed by atoms with E-state index in [1.54, 1.807) is 0 Å². The Morgan fingerprint density at radius 3 is 3.06 bits per heavy atom. The van der Waals surface area contributed by atoms with E-state index < -0.39 is 11.4 Å². The summed E-state index contributed by atoms with van der Waals surface area (Å²) < 4.78 is 11.2. The number of fused-ring (bicyclic) bond motifs is 1. The number of piperidine rings is 1. The van der Waals surface area contributed by atoms with Crippen molar-refractivity contribution < 1.29 is 19.4 Å². The molecule has 5 nitrogen and oxygen atoms in total. The van der Waals surface area contributed by atoms with E-state index in [0.29, 0.717) is 19.7 Å². The highest BCUT2D eigenvalue weighted by Gasteiger charge is 2.72. The molecule has 0 spiro atoms. The summed E-state index contributed by atoms with van der Waals surface area (Å²) in [6, 6.07) is 0. The van der Waals surface area contributed by atoms with Gasteiger partial charge in [-0.3, -0.25) is 4.79 Å². The highest BCUT2D eigenvalue weighted by atomic mass is 16.7. The molecule has 0 aromatic carbocycles. The summed E-state index contributed by atoms with van der Waals surface area (Å²) in [5, 5.41) is 13.5. The zero-order valence-electron chi connectivity index (χ0n) is 9.80. The first kappa shape index (κ1) is 11.4. The molecule has 95 valence electrons. The van der Waals surface area contributed by atoms with E-state index in [2.05, 4.69) is 5.32 Å². The maximum Gasteiger partial charge on any atom is 0.311 e. The molecule has 2 aliphatic heterocycles. The molecule has 3 rings (SSSR count). The van der Waals surface area contributed by atoms with Crippen molar-refractivity contribution in [3.05, 3.63) is 0 Å². The Morgan fingerprint density at radius 2 is 2.41 bits per heavy atom. The van der Waals surface area contributed by atoms with E-state index in [1.807, 2.05) is 0 Å². The number of carboxylic acids is 1. The molecule has 3 aliphatic rings. The predicted octanol–water partition coefficient (Wildman–Crippen LogP) is 0.465. The summed E-state index contributed by atoms with van der Waals surface area (Å²) >= 11 is 0. The Hall–Kier alpha value is -0.650. The lowest BCUT2D eigenvalue weighted by molar-refractivity contribution is -0.168. The zero-order valence-corrected chi connectivity index (χ0v) is 9.80. The molecule has 1 radical (unpaired) electrons. The van der Waals surface area contributed by atoms with Crippen LogP contribution in [0.2, 0.25) is 0 Å². The average Bonchev–Trinajstić information content (AvgIpc) is 2.75. The largest absolute Gasteiger partial charge is 0.481 e. The molecule has 0 amide bonds. The first-order valence-corrected chi connectivity index (χ1v) is 6.35.